The number of hydrogen-bond donors (Lipinski definition) is 0. The van der Waals surface area contributed by atoms with Gasteiger partial charge in [-0.05, 0) is 79.6 Å². The van der Waals surface area contributed by atoms with Crippen molar-refractivity contribution in [3.05, 3.63) is 35.9 Å². The van der Waals surface area contributed by atoms with Crippen LogP contribution in [0.1, 0.15) is 98.5 Å². The largest absolute Gasteiger partial charge is 0.352 e. The third-order valence-electron chi connectivity index (χ3n) is 9.19. The van der Waals surface area contributed by atoms with Gasteiger partial charge in [0, 0.05) is 12.5 Å². The van der Waals surface area contributed by atoms with Gasteiger partial charge in [-0.25, -0.2) is 0 Å². The number of rotatable bonds is 7. The van der Waals surface area contributed by atoms with Gasteiger partial charge in [-0.1, -0.05) is 78.3 Å². The van der Waals surface area contributed by atoms with Crippen molar-refractivity contribution < 1.29 is 9.47 Å². The van der Waals surface area contributed by atoms with E-state index in [9.17, 15) is 0 Å². The highest BCUT2D eigenvalue weighted by Crippen LogP contribution is 2.63. The molecule has 0 heterocycles. The zero-order chi connectivity index (χ0) is 22.6. The summed E-state index contributed by atoms with van der Waals surface area (Å²) in [6.45, 7) is 16.6. The summed E-state index contributed by atoms with van der Waals surface area (Å²) >= 11 is 0. The van der Waals surface area contributed by atoms with Gasteiger partial charge in [0.2, 0.25) is 0 Å². The van der Waals surface area contributed by atoms with Gasteiger partial charge in [-0.3, -0.25) is 0 Å². The molecule has 8 atom stereocenters. The fourth-order valence-corrected chi connectivity index (χ4v) is 7.01. The van der Waals surface area contributed by atoms with Crippen LogP contribution >= 0.6 is 0 Å². The average molecular weight is 429 g/mol. The summed E-state index contributed by atoms with van der Waals surface area (Å²) < 4.78 is 12.8. The van der Waals surface area contributed by atoms with E-state index in [-0.39, 0.29) is 12.2 Å². The Labute approximate surface area is 192 Å². The number of benzene rings is 1. The van der Waals surface area contributed by atoms with Crippen molar-refractivity contribution >= 4 is 0 Å². The first-order valence-corrected chi connectivity index (χ1v) is 13.2. The molecule has 0 spiro atoms. The zero-order valence-electron chi connectivity index (χ0n) is 21.3. The Kier molecular flexibility index (Phi) is 8.66. The predicted molar refractivity (Wildman–Crippen MR) is 131 cm³/mol. The summed E-state index contributed by atoms with van der Waals surface area (Å²) in [7, 11) is 0. The van der Waals surface area contributed by atoms with Crippen molar-refractivity contribution in [2.75, 3.05) is 6.61 Å². The maximum Gasteiger partial charge on any atom is 0.164 e. The molecule has 0 amide bonds. The van der Waals surface area contributed by atoms with E-state index < -0.39 is 0 Å². The van der Waals surface area contributed by atoms with Crippen molar-refractivity contribution in [1.82, 2.24) is 0 Å². The third kappa shape index (κ3) is 5.22. The molecule has 1 aromatic rings. The van der Waals surface area contributed by atoms with Crippen molar-refractivity contribution in [2.45, 2.75) is 105 Å². The molecule has 3 fully saturated rings. The molecule has 31 heavy (non-hydrogen) atoms. The molecule has 3 aliphatic rings. The van der Waals surface area contributed by atoms with Crippen LogP contribution < -0.4 is 0 Å². The summed E-state index contributed by atoms with van der Waals surface area (Å²) in [4.78, 5) is 0. The molecular formula is C29H48O2. The topological polar surface area (TPSA) is 18.5 Å². The molecule has 0 N–H and O–H groups in total. The van der Waals surface area contributed by atoms with Crippen LogP contribution in [0.5, 0.6) is 0 Å². The Balaban J connectivity index is 0.00000132. The van der Waals surface area contributed by atoms with E-state index in [1.807, 2.05) is 13.8 Å². The lowest BCUT2D eigenvalue weighted by Gasteiger charge is -2.45. The molecule has 3 aliphatic carbocycles. The van der Waals surface area contributed by atoms with Crippen molar-refractivity contribution in [1.29, 1.82) is 0 Å². The van der Waals surface area contributed by atoms with Crippen LogP contribution in [0.15, 0.2) is 30.3 Å². The van der Waals surface area contributed by atoms with Gasteiger partial charge >= 0.3 is 0 Å². The summed E-state index contributed by atoms with van der Waals surface area (Å²) in [5, 5.41) is 0. The first kappa shape index (κ1) is 24.8. The lowest BCUT2D eigenvalue weighted by atomic mass is 9.62. The molecule has 0 saturated heterocycles. The van der Waals surface area contributed by atoms with E-state index >= 15 is 0 Å². The quantitative estimate of drug-likeness (QED) is 0.409. The minimum atomic E-state index is -0.135. The van der Waals surface area contributed by atoms with Gasteiger partial charge in [-0.2, -0.15) is 0 Å². The standard InChI is InChI=1S/C27H42O2.C2H6/c1-6-28-26(18(2)20-11-8-7-9-12-20)29-23-14-10-13-21(15-23)25-17-22-16-24(25)19(3)27(22,4)5;1-2/h7-9,11-12,18-19,21-26H,6,10,13-17H2,1-5H3;1-2H3. The highest BCUT2D eigenvalue weighted by atomic mass is 16.7. The number of hydrogen-bond acceptors (Lipinski definition) is 2. The molecule has 2 bridgehead atoms. The van der Waals surface area contributed by atoms with Gasteiger partial charge < -0.3 is 9.47 Å². The predicted octanol–water partition coefficient (Wildman–Crippen LogP) is 8.07. The summed E-state index contributed by atoms with van der Waals surface area (Å²) in [5.74, 6) is 4.83. The van der Waals surface area contributed by atoms with Gasteiger partial charge in [-0.15, -0.1) is 0 Å². The summed E-state index contributed by atoms with van der Waals surface area (Å²) in [5.41, 5.74) is 1.86. The fraction of sp³-hybridized carbons (Fsp3) is 0.793. The SMILES string of the molecule is CC.CCOC(OC1CCCC(C2CC3CC2C(C)C3(C)C)C1)C(C)c1ccccc1. The smallest absolute Gasteiger partial charge is 0.164 e. The van der Waals surface area contributed by atoms with E-state index in [1.165, 1.54) is 44.1 Å². The van der Waals surface area contributed by atoms with Crippen molar-refractivity contribution in [3.8, 4) is 0 Å². The van der Waals surface area contributed by atoms with Gasteiger partial charge in [0.1, 0.15) is 0 Å². The fourth-order valence-electron chi connectivity index (χ4n) is 7.01. The number of ether oxygens (including phenoxy) is 2. The Morgan fingerprint density at radius 1 is 1.00 bits per heavy atom. The minimum Gasteiger partial charge on any atom is -0.352 e. The number of fused-ring (bicyclic) bond motifs is 2. The van der Waals surface area contributed by atoms with E-state index in [2.05, 4.69) is 65.0 Å². The van der Waals surface area contributed by atoms with E-state index in [0.717, 1.165) is 29.6 Å². The van der Waals surface area contributed by atoms with E-state index in [1.54, 1.807) is 0 Å². The first-order valence-electron chi connectivity index (χ1n) is 13.2. The monoisotopic (exact) mass is 428 g/mol. The third-order valence-corrected chi connectivity index (χ3v) is 9.19. The normalized spacial score (nSPS) is 35.8. The highest BCUT2D eigenvalue weighted by molar-refractivity contribution is 5.19. The van der Waals surface area contributed by atoms with Crippen LogP contribution in [0.3, 0.4) is 0 Å². The second-order valence-electron chi connectivity index (χ2n) is 10.8. The van der Waals surface area contributed by atoms with Crippen molar-refractivity contribution in [3.63, 3.8) is 0 Å². The van der Waals surface area contributed by atoms with Crippen LogP contribution in [0, 0.1) is 35.0 Å². The maximum absolute atomic E-state index is 6.66. The van der Waals surface area contributed by atoms with Gasteiger partial charge in [0.25, 0.3) is 0 Å². The molecule has 1 aromatic carbocycles. The van der Waals surface area contributed by atoms with Crippen LogP contribution in [0.4, 0.5) is 0 Å². The van der Waals surface area contributed by atoms with Crippen LogP contribution in [0.25, 0.3) is 0 Å². The minimum absolute atomic E-state index is 0.135. The second-order valence-corrected chi connectivity index (χ2v) is 10.8. The molecule has 2 nitrogen and oxygen atoms in total. The van der Waals surface area contributed by atoms with Gasteiger partial charge in [0.05, 0.1) is 6.10 Å². The van der Waals surface area contributed by atoms with Gasteiger partial charge in [0.15, 0.2) is 6.29 Å². The first-order chi connectivity index (χ1) is 14.9. The molecule has 0 aromatic heterocycles. The Morgan fingerprint density at radius 2 is 1.68 bits per heavy atom. The molecule has 4 rings (SSSR count). The molecule has 0 aliphatic heterocycles. The molecule has 8 unspecified atom stereocenters. The summed E-state index contributed by atoms with van der Waals surface area (Å²) in [6.07, 6.45) is 8.34. The highest BCUT2D eigenvalue weighted by Gasteiger charge is 2.56. The maximum atomic E-state index is 6.66. The van der Waals surface area contributed by atoms with Crippen LogP contribution in [-0.4, -0.2) is 19.0 Å². The second kappa shape index (κ2) is 10.8. The molecule has 176 valence electrons. The van der Waals surface area contributed by atoms with Crippen molar-refractivity contribution in [2.24, 2.45) is 35.0 Å². The molecule has 2 heteroatoms. The average Bonchev–Trinajstić information content (AvgIpc) is 3.34. The Hall–Kier alpha value is -0.860. The molecule has 0 radical (unpaired) electrons. The Morgan fingerprint density at radius 3 is 2.29 bits per heavy atom. The molecule has 3 saturated carbocycles. The van der Waals surface area contributed by atoms with Crippen LogP contribution in [0.2, 0.25) is 0 Å². The van der Waals surface area contributed by atoms with Crippen LogP contribution in [-0.2, 0) is 9.47 Å². The zero-order valence-corrected chi connectivity index (χ0v) is 21.3. The Bertz CT molecular complexity index is 650. The van der Waals surface area contributed by atoms with E-state index in [0.29, 0.717) is 18.1 Å². The lowest BCUT2D eigenvalue weighted by molar-refractivity contribution is -0.189. The lowest BCUT2D eigenvalue weighted by Crippen LogP contribution is -2.39. The molecular weight excluding hydrogens is 380 g/mol. The van der Waals surface area contributed by atoms with E-state index in [4.69, 9.17) is 9.47 Å². The summed E-state index contributed by atoms with van der Waals surface area (Å²) in [6, 6.07) is 10.7.